The summed E-state index contributed by atoms with van der Waals surface area (Å²) < 4.78 is 0.885. The molecule has 0 spiro atoms. The Hall–Kier alpha value is -0.0500. The molecule has 2 unspecified atom stereocenters. The summed E-state index contributed by atoms with van der Waals surface area (Å²) >= 11 is 7.57. The van der Waals surface area contributed by atoms with E-state index in [2.05, 4.69) is 37.5 Å². The molecule has 1 heterocycles. The first kappa shape index (κ1) is 12.4. The van der Waals surface area contributed by atoms with Crippen molar-refractivity contribution in [3.8, 4) is 0 Å². The van der Waals surface area contributed by atoms with Crippen molar-refractivity contribution in [1.29, 1.82) is 0 Å². The summed E-state index contributed by atoms with van der Waals surface area (Å²) in [6.45, 7) is 6.95. The number of hydrogen-bond donors (Lipinski definition) is 1. The largest absolute Gasteiger partial charge is 0.307 e. The van der Waals surface area contributed by atoms with Gasteiger partial charge in [-0.2, -0.15) is 0 Å². The van der Waals surface area contributed by atoms with Gasteiger partial charge in [0.2, 0.25) is 0 Å². The zero-order valence-corrected chi connectivity index (χ0v) is 11.8. The first-order valence-electron chi connectivity index (χ1n) is 5.96. The molecule has 1 aromatic heterocycles. The Kier molecular flexibility index (Phi) is 3.62. The SMILES string of the molecule is CC(NC1CCC(C)(C)C1)c1csc(Cl)c1. The van der Waals surface area contributed by atoms with Gasteiger partial charge in [0.05, 0.1) is 4.34 Å². The summed E-state index contributed by atoms with van der Waals surface area (Å²) in [7, 11) is 0. The van der Waals surface area contributed by atoms with E-state index in [-0.39, 0.29) is 0 Å². The van der Waals surface area contributed by atoms with Crippen molar-refractivity contribution >= 4 is 22.9 Å². The second kappa shape index (κ2) is 4.67. The maximum Gasteiger partial charge on any atom is 0.0931 e. The van der Waals surface area contributed by atoms with Crippen molar-refractivity contribution in [2.75, 3.05) is 0 Å². The average molecular weight is 258 g/mol. The fourth-order valence-corrected chi connectivity index (χ4v) is 3.56. The number of halogens is 1. The molecule has 1 nitrogen and oxygen atoms in total. The van der Waals surface area contributed by atoms with Crippen LogP contribution in [0.3, 0.4) is 0 Å². The molecule has 0 saturated heterocycles. The molecule has 2 rings (SSSR count). The van der Waals surface area contributed by atoms with Gasteiger partial charge < -0.3 is 5.32 Å². The van der Waals surface area contributed by atoms with Gasteiger partial charge >= 0.3 is 0 Å². The molecule has 1 fully saturated rings. The molecular weight excluding hydrogens is 238 g/mol. The van der Waals surface area contributed by atoms with Gasteiger partial charge in [0.25, 0.3) is 0 Å². The van der Waals surface area contributed by atoms with Gasteiger partial charge in [-0.3, -0.25) is 0 Å². The molecular formula is C13H20ClNS. The highest BCUT2D eigenvalue weighted by Crippen LogP contribution is 2.38. The molecule has 0 amide bonds. The van der Waals surface area contributed by atoms with Crippen LogP contribution in [0.5, 0.6) is 0 Å². The maximum absolute atomic E-state index is 5.96. The second-order valence-corrected chi connectivity index (χ2v) is 7.22. The van der Waals surface area contributed by atoms with Gasteiger partial charge in [-0.05, 0) is 48.6 Å². The minimum atomic E-state index is 0.419. The summed E-state index contributed by atoms with van der Waals surface area (Å²) in [4.78, 5) is 0. The van der Waals surface area contributed by atoms with Crippen molar-refractivity contribution in [1.82, 2.24) is 5.32 Å². The lowest BCUT2D eigenvalue weighted by atomic mass is 9.92. The standard InChI is InChI=1S/C13H20ClNS/c1-9(10-6-12(14)16-8-10)15-11-4-5-13(2,3)7-11/h6,8-9,11,15H,4-5,7H2,1-3H3. The van der Waals surface area contributed by atoms with E-state index in [9.17, 15) is 0 Å². The van der Waals surface area contributed by atoms with Gasteiger partial charge in [0.1, 0.15) is 0 Å². The molecule has 0 aliphatic heterocycles. The smallest absolute Gasteiger partial charge is 0.0931 e. The van der Waals surface area contributed by atoms with Crippen molar-refractivity contribution < 1.29 is 0 Å². The van der Waals surface area contributed by atoms with Gasteiger partial charge in [-0.25, -0.2) is 0 Å². The second-order valence-electron chi connectivity index (χ2n) is 5.68. The predicted molar refractivity (Wildman–Crippen MR) is 72.3 cm³/mol. The number of thiophene rings is 1. The fourth-order valence-electron chi connectivity index (χ4n) is 2.58. The molecule has 2 atom stereocenters. The molecule has 0 aromatic carbocycles. The summed E-state index contributed by atoms with van der Waals surface area (Å²) in [5.41, 5.74) is 1.84. The van der Waals surface area contributed by atoms with Crippen LogP contribution in [-0.2, 0) is 0 Å². The van der Waals surface area contributed by atoms with E-state index in [0.717, 1.165) is 4.34 Å². The number of hydrogen-bond acceptors (Lipinski definition) is 2. The lowest BCUT2D eigenvalue weighted by Crippen LogP contribution is -2.29. The minimum Gasteiger partial charge on any atom is -0.307 e. The molecule has 1 aliphatic carbocycles. The number of rotatable bonds is 3. The Morgan fingerprint density at radius 1 is 1.56 bits per heavy atom. The monoisotopic (exact) mass is 257 g/mol. The Bertz CT molecular complexity index is 359. The first-order chi connectivity index (χ1) is 7.46. The van der Waals surface area contributed by atoms with Crippen molar-refractivity contribution in [3.05, 3.63) is 21.3 Å². The zero-order valence-electron chi connectivity index (χ0n) is 10.2. The molecule has 0 bridgehead atoms. The molecule has 1 N–H and O–H groups in total. The third kappa shape index (κ3) is 2.99. The van der Waals surface area contributed by atoms with Gasteiger partial charge in [-0.15, -0.1) is 11.3 Å². The normalized spacial score (nSPS) is 25.9. The Morgan fingerprint density at radius 2 is 2.31 bits per heavy atom. The van der Waals surface area contributed by atoms with Crippen LogP contribution in [0.4, 0.5) is 0 Å². The first-order valence-corrected chi connectivity index (χ1v) is 7.22. The molecule has 0 radical (unpaired) electrons. The highest BCUT2D eigenvalue weighted by molar-refractivity contribution is 7.14. The summed E-state index contributed by atoms with van der Waals surface area (Å²) in [6, 6.07) is 3.16. The van der Waals surface area contributed by atoms with Crippen molar-refractivity contribution in [3.63, 3.8) is 0 Å². The highest BCUT2D eigenvalue weighted by Gasteiger charge is 2.31. The van der Waals surface area contributed by atoms with E-state index in [0.29, 0.717) is 17.5 Å². The molecule has 90 valence electrons. The van der Waals surface area contributed by atoms with Crippen LogP contribution in [0, 0.1) is 5.41 Å². The number of nitrogens with one attached hydrogen (secondary N) is 1. The molecule has 3 heteroatoms. The van der Waals surface area contributed by atoms with Crippen LogP contribution >= 0.6 is 22.9 Å². The van der Waals surface area contributed by atoms with E-state index in [1.54, 1.807) is 11.3 Å². The summed E-state index contributed by atoms with van der Waals surface area (Å²) in [5.74, 6) is 0. The zero-order chi connectivity index (χ0) is 11.8. The van der Waals surface area contributed by atoms with Crippen molar-refractivity contribution in [2.24, 2.45) is 5.41 Å². The summed E-state index contributed by atoms with van der Waals surface area (Å²) in [5, 5.41) is 5.86. The van der Waals surface area contributed by atoms with Crippen LogP contribution < -0.4 is 5.32 Å². The Morgan fingerprint density at radius 3 is 2.81 bits per heavy atom. The van der Waals surface area contributed by atoms with Gasteiger partial charge in [0.15, 0.2) is 0 Å². The fraction of sp³-hybridized carbons (Fsp3) is 0.692. The molecule has 16 heavy (non-hydrogen) atoms. The third-order valence-electron chi connectivity index (χ3n) is 3.54. The third-order valence-corrected chi connectivity index (χ3v) is 4.65. The van der Waals surface area contributed by atoms with Crippen LogP contribution in [0.2, 0.25) is 4.34 Å². The van der Waals surface area contributed by atoms with Crippen LogP contribution in [0.25, 0.3) is 0 Å². The maximum atomic E-state index is 5.96. The minimum absolute atomic E-state index is 0.419. The van der Waals surface area contributed by atoms with Gasteiger partial charge in [0, 0.05) is 12.1 Å². The highest BCUT2D eigenvalue weighted by atomic mass is 35.5. The van der Waals surface area contributed by atoms with Crippen molar-refractivity contribution in [2.45, 2.75) is 52.1 Å². The lowest BCUT2D eigenvalue weighted by molar-refractivity contribution is 0.356. The van der Waals surface area contributed by atoms with E-state index < -0.39 is 0 Å². The van der Waals surface area contributed by atoms with Crippen LogP contribution in [0.1, 0.15) is 51.6 Å². The summed E-state index contributed by atoms with van der Waals surface area (Å²) in [6.07, 6.45) is 3.92. The molecule has 1 saturated carbocycles. The van der Waals surface area contributed by atoms with E-state index in [1.807, 2.05) is 0 Å². The van der Waals surface area contributed by atoms with E-state index in [4.69, 9.17) is 11.6 Å². The van der Waals surface area contributed by atoms with Gasteiger partial charge in [-0.1, -0.05) is 25.4 Å². The molecule has 1 aliphatic rings. The van der Waals surface area contributed by atoms with Crippen LogP contribution in [-0.4, -0.2) is 6.04 Å². The van der Waals surface area contributed by atoms with E-state index in [1.165, 1.54) is 24.8 Å². The van der Waals surface area contributed by atoms with E-state index >= 15 is 0 Å². The molecule has 1 aromatic rings. The topological polar surface area (TPSA) is 12.0 Å². The Balaban J connectivity index is 1.91. The van der Waals surface area contributed by atoms with Crippen LogP contribution in [0.15, 0.2) is 11.4 Å². The average Bonchev–Trinajstić information content (AvgIpc) is 2.73. The lowest BCUT2D eigenvalue weighted by Gasteiger charge is -2.21. The quantitative estimate of drug-likeness (QED) is 0.833. The predicted octanol–water partition coefficient (Wildman–Crippen LogP) is 4.63. The Labute approximate surface area is 107 Å².